The third-order valence-electron chi connectivity index (χ3n) is 12.3. The van der Waals surface area contributed by atoms with E-state index in [1.165, 1.54) is 44.5 Å². The van der Waals surface area contributed by atoms with Crippen molar-refractivity contribution in [2.45, 2.75) is 130 Å². The lowest BCUT2D eigenvalue weighted by Crippen LogP contribution is -2.20. The highest BCUT2D eigenvalue weighted by molar-refractivity contribution is 5.86. The van der Waals surface area contributed by atoms with E-state index in [2.05, 4.69) is 186 Å². The molecule has 0 bridgehead atoms. The van der Waals surface area contributed by atoms with Gasteiger partial charge in [0.1, 0.15) is 0 Å². The molecule has 0 amide bonds. The quantitative estimate of drug-likeness (QED) is 0.129. The zero-order valence-corrected chi connectivity index (χ0v) is 33.1. The van der Waals surface area contributed by atoms with E-state index in [4.69, 9.17) is 4.98 Å². The number of benzene rings is 4. The van der Waals surface area contributed by atoms with Crippen LogP contribution >= 0.6 is 0 Å². The Balaban J connectivity index is 1.68. The maximum atomic E-state index is 5.43. The molecule has 0 aliphatic rings. The molecule has 0 N–H and O–H groups in total. The predicted octanol–water partition coefficient (Wildman–Crippen LogP) is 14.5. The number of pyridine rings is 1. The molecule has 0 aliphatic heterocycles. The van der Waals surface area contributed by atoms with Crippen molar-refractivity contribution in [1.29, 1.82) is 0 Å². The second-order valence-electron chi connectivity index (χ2n) is 17.0. The third-order valence-corrected chi connectivity index (χ3v) is 12.3. The second kappa shape index (κ2) is 14.3. The summed E-state index contributed by atoms with van der Waals surface area (Å²) in [6.45, 7) is 28.1. The minimum absolute atomic E-state index is 0.0846. The summed E-state index contributed by atoms with van der Waals surface area (Å²) in [5.41, 5.74) is 15.3. The van der Waals surface area contributed by atoms with Crippen molar-refractivity contribution in [2.75, 3.05) is 0 Å². The first-order valence-corrected chi connectivity index (χ1v) is 19.1. The van der Waals surface area contributed by atoms with Gasteiger partial charge < -0.3 is 0 Å². The van der Waals surface area contributed by atoms with E-state index in [0.29, 0.717) is 0 Å². The average Bonchev–Trinajstić information content (AvgIpc) is 3.14. The molecule has 0 saturated carbocycles. The van der Waals surface area contributed by atoms with E-state index in [0.717, 1.165) is 48.2 Å². The molecule has 1 nitrogen and oxygen atoms in total. The van der Waals surface area contributed by atoms with Gasteiger partial charge in [0, 0.05) is 11.1 Å². The lowest BCUT2D eigenvalue weighted by Gasteiger charge is -2.30. The predicted molar refractivity (Wildman–Crippen MR) is 219 cm³/mol. The van der Waals surface area contributed by atoms with E-state index in [-0.39, 0.29) is 21.7 Å². The molecule has 0 radical (unpaired) electrons. The molecule has 4 aromatic carbocycles. The van der Waals surface area contributed by atoms with Crippen LogP contribution in [0.4, 0.5) is 0 Å². The topological polar surface area (TPSA) is 12.9 Å². The summed E-state index contributed by atoms with van der Waals surface area (Å²) in [6.07, 6.45) is 4.35. The molecule has 1 aromatic heterocycles. The fourth-order valence-corrected chi connectivity index (χ4v) is 6.60. The molecule has 1 heterocycles. The van der Waals surface area contributed by atoms with Gasteiger partial charge >= 0.3 is 0 Å². The average molecular weight is 664 g/mol. The van der Waals surface area contributed by atoms with E-state index < -0.39 is 0 Å². The van der Waals surface area contributed by atoms with Crippen LogP contribution < -0.4 is 0 Å². The molecule has 0 spiro atoms. The molecule has 50 heavy (non-hydrogen) atoms. The van der Waals surface area contributed by atoms with Crippen molar-refractivity contribution in [2.24, 2.45) is 0 Å². The second-order valence-corrected chi connectivity index (χ2v) is 17.0. The van der Waals surface area contributed by atoms with E-state index in [9.17, 15) is 0 Å². The van der Waals surface area contributed by atoms with Gasteiger partial charge in [0.15, 0.2) is 0 Å². The smallest absolute Gasteiger partial charge is 0.0715 e. The van der Waals surface area contributed by atoms with Crippen molar-refractivity contribution < 1.29 is 0 Å². The SMILES string of the molecule is CCC(C)(C)c1cc(-c2ccccc2-c2cccc(-c3ccccc3-c3cc(C(C)(C)CC)cc(C(C)(C)CC)c3)n2)cc(C(C)(C)CC)c1. The molecular weight excluding hydrogens is 603 g/mol. The maximum Gasteiger partial charge on any atom is 0.0715 e. The van der Waals surface area contributed by atoms with Gasteiger partial charge in [-0.3, -0.25) is 0 Å². The minimum Gasteiger partial charge on any atom is -0.248 e. The highest BCUT2D eigenvalue weighted by Gasteiger charge is 2.27. The fourth-order valence-electron chi connectivity index (χ4n) is 6.60. The lowest BCUT2D eigenvalue weighted by atomic mass is 9.75. The summed E-state index contributed by atoms with van der Waals surface area (Å²) < 4.78 is 0. The minimum atomic E-state index is 0.0846. The van der Waals surface area contributed by atoms with Gasteiger partial charge in [-0.05, 0) is 104 Å². The van der Waals surface area contributed by atoms with E-state index in [1.807, 2.05) is 0 Å². The van der Waals surface area contributed by atoms with Gasteiger partial charge in [0.2, 0.25) is 0 Å². The molecule has 0 saturated heterocycles. The molecule has 0 aliphatic carbocycles. The number of aromatic nitrogens is 1. The lowest BCUT2D eigenvalue weighted by molar-refractivity contribution is 0.489. The van der Waals surface area contributed by atoms with Gasteiger partial charge in [-0.25, -0.2) is 4.98 Å². The van der Waals surface area contributed by atoms with Crippen LogP contribution in [0.5, 0.6) is 0 Å². The number of rotatable bonds is 12. The Morgan fingerprint density at radius 1 is 0.360 bits per heavy atom. The molecule has 0 atom stereocenters. The van der Waals surface area contributed by atoms with Crippen molar-refractivity contribution in [3.05, 3.63) is 125 Å². The van der Waals surface area contributed by atoms with Crippen LogP contribution in [0.2, 0.25) is 0 Å². The molecule has 5 aromatic rings. The standard InChI is InChI=1S/C49H61N/c1-13-46(5,6)36-28-34(29-37(32-36)47(7,8)14-2)40-22-17-19-24-42(40)44-26-21-27-45(50-44)43-25-20-18-23-41(43)35-30-38(48(9,10)15-3)33-39(31-35)49(11,12)16-4/h17-33H,13-16H2,1-12H3. The van der Waals surface area contributed by atoms with E-state index in [1.54, 1.807) is 0 Å². The van der Waals surface area contributed by atoms with Gasteiger partial charge in [-0.2, -0.15) is 0 Å². The highest BCUT2D eigenvalue weighted by atomic mass is 14.7. The number of hydrogen-bond acceptors (Lipinski definition) is 1. The van der Waals surface area contributed by atoms with Crippen molar-refractivity contribution in [3.63, 3.8) is 0 Å². The Kier molecular flexibility index (Phi) is 10.7. The van der Waals surface area contributed by atoms with Crippen LogP contribution in [-0.2, 0) is 21.7 Å². The largest absolute Gasteiger partial charge is 0.248 e. The van der Waals surface area contributed by atoms with Crippen LogP contribution in [0, 0.1) is 0 Å². The first kappa shape index (κ1) is 37.3. The Bertz CT molecular complexity index is 1740. The molecule has 5 rings (SSSR count). The summed E-state index contributed by atoms with van der Waals surface area (Å²) in [6, 6.07) is 38.8. The van der Waals surface area contributed by atoms with Gasteiger partial charge in [-0.1, -0.05) is 174 Å². The van der Waals surface area contributed by atoms with E-state index >= 15 is 0 Å². The fraction of sp³-hybridized carbons (Fsp3) is 0.408. The van der Waals surface area contributed by atoms with Gasteiger partial charge in [0.05, 0.1) is 11.4 Å². The summed E-state index contributed by atoms with van der Waals surface area (Å²) in [4.78, 5) is 5.43. The Morgan fingerprint density at radius 3 is 0.920 bits per heavy atom. The maximum absolute atomic E-state index is 5.43. The molecule has 0 fully saturated rings. The molecule has 262 valence electrons. The first-order valence-electron chi connectivity index (χ1n) is 19.1. The Morgan fingerprint density at radius 2 is 0.640 bits per heavy atom. The monoisotopic (exact) mass is 663 g/mol. The van der Waals surface area contributed by atoms with Crippen LogP contribution in [0.3, 0.4) is 0 Å². The van der Waals surface area contributed by atoms with Crippen LogP contribution in [-0.4, -0.2) is 4.98 Å². The van der Waals surface area contributed by atoms with Gasteiger partial charge in [0.25, 0.3) is 0 Å². The molecule has 1 heteroatoms. The highest BCUT2D eigenvalue weighted by Crippen LogP contribution is 2.42. The van der Waals surface area contributed by atoms with Crippen molar-refractivity contribution >= 4 is 0 Å². The number of hydrogen-bond donors (Lipinski definition) is 0. The van der Waals surface area contributed by atoms with Crippen LogP contribution in [0.25, 0.3) is 44.8 Å². The zero-order chi connectivity index (χ0) is 36.5. The summed E-state index contributed by atoms with van der Waals surface area (Å²) >= 11 is 0. The summed E-state index contributed by atoms with van der Waals surface area (Å²) in [7, 11) is 0. The van der Waals surface area contributed by atoms with Crippen LogP contribution in [0.15, 0.2) is 103 Å². The third kappa shape index (κ3) is 7.53. The number of nitrogens with zero attached hydrogens (tertiary/aromatic N) is 1. The van der Waals surface area contributed by atoms with Gasteiger partial charge in [-0.15, -0.1) is 0 Å². The molecule has 0 unspecified atom stereocenters. The summed E-state index contributed by atoms with van der Waals surface area (Å²) in [5, 5.41) is 0. The zero-order valence-electron chi connectivity index (χ0n) is 33.1. The first-order chi connectivity index (χ1) is 23.6. The van der Waals surface area contributed by atoms with Crippen molar-refractivity contribution in [3.8, 4) is 44.8 Å². The van der Waals surface area contributed by atoms with Crippen LogP contribution in [0.1, 0.15) is 131 Å². The molecular formula is C49H61N. The normalized spacial score (nSPS) is 12.7. The van der Waals surface area contributed by atoms with Crippen molar-refractivity contribution in [1.82, 2.24) is 4.98 Å². The Labute approximate surface area is 304 Å². The summed E-state index contributed by atoms with van der Waals surface area (Å²) in [5.74, 6) is 0. The Hall–Kier alpha value is -3.97.